The molecule has 10 aromatic carbocycles. The number of ketones is 1. The summed E-state index contributed by atoms with van der Waals surface area (Å²) in [4.78, 5) is 68.1. The summed E-state index contributed by atoms with van der Waals surface area (Å²) >= 11 is 0. The van der Waals surface area contributed by atoms with Gasteiger partial charge >= 0.3 is 5.69 Å². The van der Waals surface area contributed by atoms with Crippen LogP contribution < -0.4 is 5.69 Å². The molecule has 0 atom stereocenters. The van der Waals surface area contributed by atoms with Crippen LogP contribution in [0.1, 0.15) is 257 Å². The van der Waals surface area contributed by atoms with Gasteiger partial charge < -0.3 is 49.2 Å². The van der Waals surface area contributed by atoms with Crippen molar-refractivity contribution in [1.82, 2.24) is 9.55 Å². The first-order valence-corrected chi connectivity index (χ1v) is 49.2. The van der Waals surface area contributed by atoms with Gasteiger partial charge in [0.25, 0.3) is 0 Å². The third-order valence-corrected chi connectivity index (χ3v) is 24.8. The monoisotopic (exact) mass is 3770 g/mol. The molecule has 11 aromatic rings. The molecule has 812 valence electrons. The number of aromatic nitrogens is 2. The van der Waals surface area contributed by atoms with E-state index >= 15 is 0 Å². The Morgan fingerprint density at radius 3 is 1.09 bits per heavy atom. The molecule has 0 N–H and O–H groups in total. The summed E-state index contributed by atoms with van der Waals surface area (Å²) in [6.07, 6.45) is 30.9. The zero-order valence-electron chi connectivity index (χ0n) is 88.3. The Balaban J connectivity index is 0.000000823. The molecule has 0 aliphatic carbocycles. The maximum Gasteiger partial charge on any atom is 0.338 e. The zero-order valence-corrected chi connectivity index (χ0v) is 112. The van der Waals surface area contributed by atoms with E-state index in [1.807, 2.05) is 196 Å². The summed E-state index contributed by atoms with van der Waals surface area (Å²) in [5, 5.41) is 0. The van der Waals surface area contributed by atoms with Gasteiger partial charge in [0.2, 0.25) is 0 Å². The fraction of sp³-hybridized carbons (Fsp3) is 0.360. The number of aliphatic imine (C=N–C) groups is 9. The molecule has 20 rings (SSSR count). The number of rotatable bonds is 10. The molecule has 149 heavy (non-hydrogen) atoms. The number of dihydropyridines is 2. The van der Waals surface area contributed by atoms with Crippen molar-refractivity contribution in [2.24, 2.45) is 73.6 Å². The van der Waals surface area contributed by atoms with Crippen molar-refractivity contribution >= 4 is 57.2 Å². The average Bonchev–Trinajstić information content (AvgIpc) is 0.788. The van der Waals surface area contributed by atoms with E-state index < -0.39 is 5.54 Å². The van der Waals surface area contributed by atoms with Gasteiger partial charge in [0.15, 0.2) is 12.5 Å². The summed E-state index contributed by atoms with van der Waals surface area (Å²) in [5.41, 5.74) is 21.6. The molecule has 10 heterocycles. The molecule has 0 amide bonds. The maximum atomic E-state index is 11.6. The number of benzene rings is 10. The fourth-order valence-corrected chi connectivity index (χ4v) is 16.8. The Kier molecular flexibility index (Phi) is 65.9. The van der Waals surface area contributed by atoms with Gasteiger partial charge in [-0.15, -0.1) is 359 Å². The molecular formula is C125H139Ir10N11O3-10. The standard InChI is InChI=1S/C15H20N.C15H18N.C13H14NO.C13H16N.C13H14N.C13H16N.C11H9N2O.2C11H12N.C10H8NO.10Ir/c2*1-14(2)10-11-15(3,4)16-13(14)12-8-6-5-7-9-12;1-13(2)12(15)9-8-11(14-13)10-6-4-3-5-7-10;2*1-13(2)9-6-10-14-12(13)11-7-4-3-5-8-11;1-13(2)10-6-9-12(14-13)11-7-4-3-5-8-11;1-13-8-7-10(12-11(13)14)9-5-3-2-4-6-9;2*1-2-6-10(7-3-1)11-8-4-5-9-12-11;1-2-4-9(5-3-1)10-6-7-12-8-11-10;;;;;;;;;;/h5-8H,10-11H2,1-4H3;5-8,10-11H,1-4H3;3-6H,8-9H2,1-2H3;3-5,7H,6,9-10H2,1-2H3;3-7,9H,10H2,1-2H3;3-5,7H,6,9-10H2,1-2H3;2-5,7-8H,1H3;2*1-3,6H,4-5,8-9H2;1-4,6-7H,8H2;;;;;;;;;;/q10*-1;;;;;;;;;;. The summed E-state index contributed by atoms with van der Waals surface area (Å²) in [6.45, 7) is 38.9. The van der Waals surface area contributed by atoms with Crippen LogP contribution in [0.25, 0.3) is 11.3 Å². The minimum atomic E-state index is -0.558. The first-order valence-electron chi connectivity index (χ1n) is 49.2. The van der Waals surface area contributed by atoms with Gasteiger partial charge in [-0.1, -0.05) is 105 Å². The molecular weight excluding hydrogens is 3630 g/mol. The third kappa shape index (κ3) is 46.7. The molecule has 0 spiro atoms. The minimum absolute atomic E-state index is 0. The molecule has 9 aliphatic heterocycles. The van der Waals surface area contributed by atoms with Gasteiger partial charge in [0.1, 0.15) is 5.54 Å². The summed E-state index contributed by atoms with van der Waals surface area (Å²) in [6, 6.07) is 113. The Morgan fingerprint density at radius 1 is 0.309 bits per heavy atom. The molecule has 0 saturated carbocycles. The Morgan fingerprint density at radius 2 is 0.691 bits per heavy atom. The second kappa shape index (κ2) is 70.0. The predicted molar refractivity (Wildman–Crippen MR) is 579 cm³/mol. The Labute approximate surface area is 1030 Å². The molecule has 10 radical (unpaired) electrons. The van der Waals surface area contributed by atoms with Crippen LogP contribution in [-0.2, 0) is 218 Å². The van der Waals surface area contributed by atoms with Crippen LogP contribution in [-0.4, -0.2) is 122 Å². The number of allylic oxidation sites excluding steroid dienone is 3. The quantitative estimate of drug-likeness (QED) is 0.0980. The number of hydrogen-bond donors (Lipinski definition) is 0. The first kappa shape index (κ1) is 140. The minimum Gasteiger partial charge on any atom is -0.481 e. The molecule has 1 aromatic heterocycles. The van der Waals surface area contributed by atoms with Crippen LogP contribution >= 0.6 is 0 Å². The van der Waals surface area contributed by atoms with E-state index in [0.29, 0.717) is 18.8 Å². The fourth-order valence-electron chi connectivity index (χ4n) is 16.8. The largest absolute Gasteiger partial charge is 0.481 e. The molecule has 0 saturated heterocycles. The summed E-state index contributed by atoms with van der Waals surface area (Å²) in [5.74, 6) is 0.224. The van der Waals surface area contributed by atoms with E-state index in [-0.39, 0.29) is 251 Å². The van der Waals surface area contributed by atoms with Gasteiger partial charge in [-0.2, -0.15) is 0 Å². The normalized spacial score (nSPS) is 17.3. The van der Waals surface area contributed by atoms with Crippen LogP contribution in [0.3, 0.4) is 0 Å². The van der Waals surface area contributed by atoms with E-state index in [1.54, 1.807) is 31.6 Å². The third-order valence-electron chi connectivity index (χ3n) is 24.8. The topological polar surface area (TPSA) is 172 Å². The number of ether oxygens (including phenoxy) is 1. The van der Waals surface area contributed by atoms with E-state index in [1.165, 1.54) is 108 Å². The molecule has 14 nitrogen and oxygen atoms in total. The van der Waals surface area contributed by atoms with Gasteiger partial charge in [-0.05, 0) is 211 Å². The number of aryl methyl sites for hydroxylation is 1. The number of nitrogens with zero attached hydrogens (tertiary/aromatic N) is 11. The van der Waals surface area contributed by atoms with Gasteiger partial charge in [-0.25, -0.2) is 9.78 Å². The second-order valence-corrected chi connectivity index (χ2v) is 40.3. The van der Waals surface area contributed by atoms with Crippen molar-refractivity contribution in [2.45, 2.75) is 229 Å². The van der Waals surface area contributed by atoms with Crippen LogP contribution in [0.4, 0.5) is 0 Å². The smallest absolute Gasteiger partial charge is 0.338 e. The number of Topliss-reactive ketones (excluding diaryl/α,β-unsaturated/α-hetero) is 1. The van der Waals surface area contributed by atoms with Gasteiger partial charge in [0, 0.05) is 258 Å². The Bertz CT molecular complexity index is 6040. The van der Waals surface area contributed by atoms with Crippen LogP contribution in [0.5, 0.6) is 0 Å². The molecule has 24 heteroatoms. The van der Waals surface area contributed by atoms with Crippen LogP contribution in [0, 0.1) is 82.3 Å². The number of hydrogen-bond acceptors (Lipinski definition) is 13. The molecule has 0 unspecified atom stereocenters. The van der Waals surface area contributed by atoms with Crippen LogP contribution in [0.15, 0.2) is 341 Å². The second-order valence-electron chi connectivity index (χ2n) is 40.3. The van der Waals surface area contributed by atoms with E-state index in [2.05, 4.69) is 278 Å². The maximum absolute atomic E-state index is 11.6. The van der Waals surface area contributed by atoms with Crippen molar-refractivity contribution < 1.29 is 211 Å². The van der Waals surface area contributed by atoms with E-state index in [9.17, 15) is 9.59 Å². The van der Waals surface area contributed by atoms with E-state index in [0.717, 1.165) is 120 Å². The van der Waals surface area contributed by atoms with Crippen molar-refractivity contribution in [3.8, 4) is 11.3 Å². The number of carbonyl (C=O) groups excluding carboxylic acids is 1. The summed E-state index contributed by atoms with van der Waals surface area (Å²) < 4.78 is 6.38. The van der Waals surface area contributed by atoms with Crippen molar-refractivity contribution in [2.75, 3.05) is 32.9 Å². The van der Waals surface area contributed by atoms with Crippen molar-refractivity contribution in [3.05, 3.63) is 413 Å². The molecule has 0 fully saturated rings. The molecule has 0 bridgehead atoms. The van der Waals surface area contributed by atoms with Gasteiger partial charge in [0.05, 0.1) is 11.8 Å². The zero-order chi connectivity index (χ0) is 99.2. The molecule has 9 aliphatic rings. The Hall–Kier alpha value is -6.71. The van der Waals surface area contributed by atoms with Gasteiger partial charge in [-0.3, -0.25) is 9.79 Å². The van der Waals surface area contributed by atoms with Crippen LogP contribution in [0.2, 0.25) is 0 Å². The SMILES string of the molecule is CC1(C)C=CC(C)(C)C(c2[c-]cccc2)=N1.CC1(C)C=CCN=C1c1[c-]cccc1.CC1(C)CCC(C)(C)C(c2[c-]cccc2)=N1.CC1(C)CCCC(c2[c-]cccc2)=N1.CC1(C)CCCN=C1c1[c-]cccc1.CC1(C)N=C(c2[c-]cccc2)CCC1=O.Cn1ccc(-c2[c-]cccc2)nc1=O.[Ir].[Ir].[Ir].[Ir].[Ir].[Ir].[Ir].[Ir].[Ir].[Ir].[c-]1ccccc1C1=NCCCC1.[c-]1ccccc1C1=NCCCC1.[c-]1ccccc1C1=NCOC=C1. The average molecular weight is 3770 g/mol. The first-order chi connectivity index (χ1) is 66.7. The summed E-state index contributed by atoms with van der Waals surface area (Å²) in [7, 11) is 1.67. The van der Waals surface area contributed by atoms with Crippen molar-refractivity contribution in [3.63, 3.8) is 0 Å². The van der Waals surface area contributed by atoms with Crippen molar-refractivity contribution in [1.29, 1.82) is 0 Å². The predicted octanol–water partition coefficient (Wildman–Crippen LogP) is 27.1. The number of carbonyl (C=O) groups is 1. The van der Waals surface area contributed by atoms with E-state index in [4.69, 9.17) is 19.7 Å².